The Labute approximate surface area is 83.0 Å². The highest BCUT2D eigenvalue weighted by atomic mass is 14.8. The Balaban J connectivity index is 2.47. The molecule has 0 bridgehead atoms. The second-order valence-electron chi connectivity index (χ2n) is 2.96. The number of hydrogen-bond acceptors (Lipinski definition) is 2. The van der Waals surface area contributed by atoms with Crippen molar-refractivity contribution >= 4 is 6.08 Å². The Bertz CT molecular complexity index is 435. The highest BCUT2D eigenvalue weighted by Gasteiger charge is 1.96. The molecule has 0 saturated heterocycles. The lowest BCUT2D eigenvalue weighted by atomic mass is 10.1. The monoisotopic (exact) mass is 182 g/mol. The molecule has 0 spiro atoms. The summed E-state index contributed by atoms with van der Waals surface area (Å²) in [6.07, 6.45) is 6.96. The van der Waals surface area contributed by atoms with Crippen molar-refractivity contribution in [1.29, 1.82) is 0 Å². The van der Waals surface area contributed by atoms with Gasteiger partial charge < -0.3 is 0 Å². The topological polar surface area (TPSA) is 25.8 Å². The van der Waals surface area contributed by atoms with E-state index in [4.69, 9.17) is 0 Å². The van der Waals surface area contributed by atoms with Gasteiger partial charge in [-0.15, -0.1) is 0 Å². The first kappa shape index (κ1) is 8.63. The lowest BCUT2D eigenvalue weighted by Crippen LogP contribution is -1.82. The molecule has 0 atom stereocenters. The van der Waals surface area contributed by atoms with E-state index in [0.717, 1.165) is 16.7 Å². The first-order valence-electron chi connectivity index (χ1n) is 4.38. The van der Waals surface area contributed by atoms with E-state index in [2.05, 4.69) is 22.6 Å². The molecule has 2 aromatic rings. The Kier molecular flexibility index (Phi) is 2.36. The average Bonchev–Trinajstić information content (AvgIpc) is 2.30. The molecule has 0 unspecified atom stereocenters. The van der Waals surface area contributed by atoms with Gasteiger partial charge in [-0.05, 0) is 17.2 Å². The van der Waals surface area contributed by atoms with Crippen LogP contribution in [0.3, 0.4) is 0 Å². The molecule has 0 N–H and O–H groups in total. The van der Waals surface area contributed by atoms with E-state index < -0.39 is 0 Å². The van der Waals surface area contributed by atoms with E-state index in [1.165, 1.54) is 6.33 Å². The van der Waals surface area contributed by atoms with E-state index in [1.54, 1.807) is 12.4 Å². The predicted molar refractivity (Wildman–Crippen MR) is 57.6 cm³/mol. The van der Waals surface area contributed by atoms with Crippen LogP contribution in [0.4, 0.5) is 0 Å². The van der Waals surface area contributed by atoms with Crippen molar-refractivity contribution in [2.75, 3.05) is 0 Å². The molecule has 1 heterocycles. The molecule has 68 valence electrons. The zero-order valence-electron chi connectivity index (χ0n) is 7.72. The predicted octanol–water partition coefficient (Wildman–Crippen LogP) is 2.79. The Morgan fingerprint density at radius 3 is 2.57 bits per heavy atom. The third-order valence-corrected chi connectivity index (χ3v) is 2.02. The summed E-state index contributed by atoms with van der Waals surface area (Å²) in [7, 11) is 0. The molecular weight excluding hydrogens is 172 g/mol. The van der Waals surface area contributed by atoms with Gasteiger partial charge in [0.2, 0.25) is 0 Å². The Morgan fingerprint density at radius 2 is 1.86 bits per heavy atom. The summed E-state index contributed by atoms with van der Waals surface area (Å²) in [6, 6.07) is 8.11. The second kappa shape index (κ2) is 3.83. The number of aromatic nitrogens is 2. The SMILES string of the molecule is C=Cc1cccc(-c2cncnc2)c1. The second-order valence-corrected chi connectivity index (χ2v) is 2.96. The Morgan fingerprint density at radius 1 is 1.07 bits per heavy atom. The lowest BCUT2D eigenvalue weighted by Gasteiger charge is -2.00. The van der Waals surface area contributed by atoms with Crippen LogP contribution in [-0.4, -0.2) is 9.97 Å². The number of hydrogen-bond donors (Lipinski definition) is 0. The molecule has 0 radical (unpaired) electrons. The third-order valence-electron chi connectivity index (χ3n) is 2.02. The van der Waals surface area contributed by atoms with Crippen LogP contribution in [0.5, 0.6) is 0 Å². The summed E-state index contributed by atoms with van der Waals surface area (Å²) in [5.74, 6) is 0. The molecular formula is C12H10N2. The minimum Gasteiger partial charge on any atom is -0.244 e. The van der Waals surface area contributed by atoms with Gasteiger partial charge in [-0.1, -0.05) is 30.9 Å². The van der Waals surface area contributed by atoms with Gasteiger partial charge in [0.05, 0.1) is 0 Å². The normalized spacial score (nSPS) is 9.71. The highest BCUT2D eigenvalue weighted by molar-refractivity contribution is 5.65. The summed E-state index contributed by atoms with van der Waals surface area (Å²) in [6.45, 7) is 3.73. The summed E-state index contributed by atoms with van der Waals surface area (Å²) < 4.78 is 0. The van der Waals surface area contributed by atoms with Crippen LogP contribution in [0.2, 0.25) is 0 Å². The number of benzene rings is 1. The van der Waals surface area contributed by atoms with Crippen molar-refractivity contribution in [3.8, 4) is 11.1 Å². The minimum absolute atomic E-state index is 1.02. The molecule has 1 aromatic carbocycles. The first-order chi connectivity index (χ1) is 6.90. The molecule has 0 amide bonds. The fraction of sp³-hybridized carbons (Fsp3) is 0. The smallest absolute Gasteiger partial charge is 0.115 e. The van der Waals surface area contributed by atoms with Crippen molar-refractivity contribution in [1.82, 2.24) is 9.97 Å². The van der Waals surface area contributed by atoms with Crippen molar-refractivity contribution in [3.63, 3.8) is 0 Å². The zero-order valence-corrected chi connectivity index (χ0v) is 7.72. The van der Waals surface area contributed by atoms with Crippen LogP contribution in [-0.2, 0) is 0 Å². The maximum absolute atomic E-state index is 3.98. The van der Waals surface area contributed by atoms with Gasteiger partial charge in [0, 0.05) is 18.0 Å². The van der Waals surface area contributed by atoms with E-state index in [1.807, 2.05) is 24.3 Å². The standard InChI is InChI=1S/C12H10N2/c1-2-10-4-3-5-11(6-10)12-7-13-9-14-8-12/h2-9H,1H2. The molecule has 0 aliphatic rings. The van der Waals surface area contributed by atoms with Crippen LogP contribution in [0, 0.1) is 0 Å². The van der Waals surface area contributed by atoms with Crippen LogP contribution in [0.1, 0.15) is 5.56 Å². The Hall–Kier alpha value is -1.96. The van der Waals surface area contributed by atoms with Crippen LogP contribution in [0.25, 0.3) is 17.2 Å². The number of rotatable bonds is 2. The summed E-state index contributed by atoms with van der Waals surface area (Å²) in [5.41, 5.74) is 3.24. The zero-order chi connectivity index (χ0) is 9.80. The van der Waals surface area contributed by atoms with E-state index in [0.29, 0.717) is 0 Å². The molecule has 0 fully saturated rings. The third kappa shape index (κ3) is 1.69. The van der Waals surface area contributed by atoms with Crippen LogP contribution >= 0.6 is 0 Å². The molecule has 2 rings (SSSR count). The largest absolute Gasteiger partial charge is 0.244 e. The quantitative estimate of drug-likeness (QED) is 0.713. The van der Waals surface area contributed by atoms with E-state index >= 15 is 0 Å². The number of nitrogens with zero attached hydrogens (tertiary/aromatic N) is 2. The molecule has 2 heteroatoms. The average molecular weight is 182 g/mol. The van der Waals surface area contributed by atoms with Crippen molar-refractivity contribution in [2.45, 2.75) is 0 Å². The fourth-order valence-electron chi connectivity index (χ4n) is 1.29. The molecule has 0 aliphatic heterocycles. The first-order valence-corrected chi connectivity index (χ1v) is 4.38. The molecule has 1 aromatic heterocycles. The molecule has 14 heavy (non-hydrogen) atoms. The van der Waals surface area contributed by atoms with Crippen LogP contribution < -0.4 is 0 Å². The van der Waals surface area contributed by atoms with Gasteiger partial charge >= 0.3 is 0 Å². The van der Waals surface area contributed by atoms with Crippen molar-refractivity contribution in [3.05, 3.63) is 55.1 Å². The highest BCUT2D eigenvalue weighted by Crippen LogP contribution is 2.18. The van der Waals surface area contributed by atoms with Gasteiger partial charge in [0.25, 0.3) is 0 Å². The molecule has 2 nitrogen and oxygen atoms in total. The van der Waals surface area contributed by atoms with Crippen molar-refractivity contribution in [2.24, 2.45) is 0 Å². The summed E-state index contributed by atoms with van der Waals surface area (Å²) >= 11 is 0. The minimum atomic E-state index is 1.02. The maximum atomic E-state index is 3.98. The van der Waals surface area contributed by atoms with Crippen LogP contribution in [0.15, 0.2) is 49.6 Å². The molecule has 0 saturated carbocycles. The maximum Gasteiger partial charge on any atom is 0.115 e. The lowest BCUT2D eigenvalue weighted by molar-refractivity contribution is 1.17. The van der Waals surface area contributed by atoms with E-state index in [-0.39, 0.29) is 0 Å². The van der Waals surface area contributed by atoms with Gasteiger partial charge in [-0.25, -0.2) is 9.97 Å². The summed E-state index contributed by atoms with van der Waals surface area (Å²) in [4.78, 5) is 7.96. The van der Waals surface area contributed by atoms with Gasteiger partial charge in [-0.3, -0.25) is 0 Å². The fourth-order valence-corrected chi connectivity index (χ4v) is 1.29. The summed E-state index contributed by atoms with van der Waals surface area (Å²) in [5, 5.41) is 0. The van der Waals surface area contributed by atoms with Gasteiger partial charge in [0.15, 0.2) is 0 Å². The van der Waals surface area contributed by atoms with E-state index in [9.17, 15) is 0 Å². The molecule has 0 aliphatic carbocycles. The van der Waals surface area contributed by atoms with Gasteiger partial charge in [-0.2, -0.15) is 0 Å². The van der Waals surface area contributed by atoms with Gasteiger partial charge in [0.1, 0.15) is 6.33 Å². The van der Waals surface area contributed by atoms with Crippen molar-refractivity contribution < 1.29 is 0 Å².